The Morgan fingerprint density at radius 3 is 2.76 bits per heavy atom. The molecule has 0 atom stereocenters. The van der Waals surface area contributed by atoms with E-state index in [1.807, 2.05) is 13.0 Å². The van der Waals surface area contributed by atoms with Gasteiger partial charge in [-0.2, -0.15) is 4.72 Å². The van der Waals surface area contributed by atoms with Crippen LogP contribution in [0.1, 0.15) is 12.5 Å². The fourth-order valence-corrected chi connectivity index (χ4v) is 3.26. The number of esters is 1. The summed E-state index contributed by atoms with van der Waals surface area (Å²) in [5.74, 6) is 0.514. The Labute approximate surface area is 145 Å². The van der Waals surface area contributed by atoms with Gasteiger partial charge in [-0.25, -0.2) is 8.42 Å². The van der Waals surface area contributed by atoms with Crippen molar-refractivity contribution in [2.75, 3.05) is 13.3 Å². The minimum absolute atomic E-state index is 0.0162. The molecule has 2 aromatic rings. The molecule has 1 aliphatic rings. The molecule has 0 aliphatic carbocycles. The first-order chi connectivity index (χ1) is 12.0. The molecule has 0 fully saturated rings. The predicted octanol–water partition coefficient (Wildman–Crippen LogP) is 1.86. The molecule has 1 aliphatic heterocycles. The van der Waals surface area contributed by atoms with E-state index in [1.165, 1.54) is 18.2 Å². The smallest absolute Gasteiger partial charge is 0.326 e. The summed E-state index contributed by atoms with van der Waals surface area (Å²) in [6.07, 6.45) is 0.808. The number of rotatable bonds is 6. The van der Waals surface area contributed by atoms with Crippen molar-refractivity contribution in [2.24, 2.45) is 0 Å². The standard InChI is InChI=1S/C17H17NO6S/c1-2-12-4-3-5-13(8-12)24-17(19)10-18-25(20,21)14-6-7-15-16(9-14)23-11-22-15/h3-9,18H,2,10-11H2,1H3. The zero-order chi connectivity index (χ0) is 17.9. The maximum atomic E-state index is 12.3. The third-order valence-corrected chi connectivity index (χ3v) is 5.00. The second-order valence-corrected chi connectivity index (χ2v) is 7.08. The van der Waals surface area contributed by atoms with E-state index in [2.05, 4.69) is 4.72 Å². The van der Waals surface area contributed by atoms with Crippen molar-refractivity contribution in [3.63, 3.8) is 0 Å². The number of carbonyl (C=O) groups excluding carboxylic acids is 1. The lowest BCUT2D eigenvalue weighted by Crippen LogP contribution is -2.32. The van der Waals surface area contributed by atoms with Crippen LogP contribution in [0.15, 0.2) is 47.4 Å². The Bertz CT molecular complexity index is 894. The van der Waals surface area contributed by atoms with E-state index in [4.69, 9.17) is 14.2 Å². The summed E-state index contributed by atoms with van der Waals surface area (Å²) >= 11 is 0. The number of aryl methyl sites for hydroxylation is 1. The summed E-state index contributed by atoms with van der Waals surface area (Å²) in [6.45, 7) is 1.56. The molecule has 0 saturated heterocycles. The molecule has 2 aromatic carbocycles. The summed E-state index contributed by atoms with van der Waals surface area (Å²) in [6, 6.07) is 11.3. The Kier molecular flexibility index (Phi) is 4.91. The van der Waals surface area contributed by atoms with Crippen LogP contribution in [0.4, 0.5) is 0 Å². The number of fused-ring (bicyclic) bond motifs is 1. The zero-order valence-corrected chi connectivity index (χ0v) is 14.3. The molecule has 0 unspecified atom stereocenters. The van der Waals surface area contributed by atoms with Crippen molar-refractivity contribution in [3.8, 4) is 17.2 Å². The normalized spacial score (nSPS) is 12.8. The van der Waals surface area contributed by atoms with E-state index in [-0.39, 0.29) is 11.7 Å². The molecule has 0 spiro atoms. The van der Waals surface area contributed by atoms with Crippen LogP contribution < -0.4 is 18.9 Å². The van der Waals surface area contributed by atoms with Crippen molar-refractivity contribution in [1.29, 1.82) is 0 Å². The van der Waals surface area contributed by atoms with Crippen molar-refractivity contribution in [3.05, 3.63) is 48.0 Å². The van der Waals surface area contributed by atoms with Gasteiger partial charge in [0.1, 0.15) is 12.3 Å². The van der Waals surface area contributed by atoms with E-state index >= 15 is 0 Å². The first-order valence-electron chi connectivity index (χ1n) is 7.67. The average molecular weight is 363 g/mol. The molecule has 1 N–H and O–H groups in total. The summed E-state index contributed by atoms with van der Waals surface area (Å²) < 4.78 is 42.2. The highest BCUT2D eigenvalue weighted by atomic mass is 32.2. The van der Waals surface area contributed by atoms with Gasteiger partial charge in [0.05, 0.1) is 4.90 Å². The van der Waals surface area contributed by atoms with Crippen molar-refractivity contribution >= 4 is 16.0 Å². The molecular weight excluding hydrogens is 346 g/mol. The Balaban J connectivity index is 1.62. The van der Waals surface area contributed by atoms with Crippen LogP contribution >= 0.6 is 0 Å². The van der Waals surface area contributed by atoms with Gasteiger partial charge in [-0.15, -0.1) is 0 Å². The van der Waals surface area contributed by atoms with Crippen LogP contribution in [0, 0.1) is 0 Å². The van der Waals surface area contributed by atoms with Gasteiger partial charge >= 0.3 is 5.97 Å². The number of nitrogens with one attached hydrogen (secondary N) is 1. The summed E-state index contributed by atoms with van der Waals surface area (Å²) in [7, 11) is -3.87. The molecule has 0 saturated carbocycles. The van der Waals surface area contributed by atoms with E-state index in [1.54, 1.807) is 18.2 Å². The summed E-state index contributed by atoms with van der Waals surface area (Å²) in [5, 5.41) is 0. The van der Waals surface area contributed by atoms with Gasteiger partial charge in [0, 0.05) is 6.07 Å². The van der Waals surface area contributed by atoms with Crippen LogP contribution in [-0.2, 0) is 21.2 Å². The van der Waals surface area contributed by atoms with Gasteiger partial charge in [0.25, 0.3) is 0 Å². The number of ether oxygens (including phenoxy) is 3. The molecule has 3 rings (SSSR count). The van der Waals surface area contributed by atoms with Crippen LogP contribution in [0.2, 0.25) is 0 Å². The van der Waals surface area contributed by atoms with E-state index < -0.39 is 22.5 Å². The predicted molar refractivity (Wildman–Crippen MR) is 89.2 cm³/mol. The average Bonchev–Trinajstić information content (AvgIpc) is 3.08. The molecule has 7 nitrogen and oxygen atoms in total. The molecule has 0 radical (unpaired) electrons. The van der Waals surface area contributed by atoms with Crippen molar-refractivity contribution in [2.45, 2.75) is 18.2 Å². The molecular formula is C17H17NO6S. The Morgan fingerprint density at radius 2 is 1.96 bits per heavy atom. The minimum Gasteiger partial charge on any atom is -0.454 e. The third-order valence-electron chi connectivity index (χ3n) is 3.60. The summed E-state index contributed by atoms with van der Waals surface area (Å²) in [5.41, 5.74) is 1.02. The first kappa shape index (κ1) is 17.2. The summed E-state index contributed by atoms with van der Waals surface area (Å²) in [4.78, 5) is 11.9. The van der Waals surface area contributed by atoms with Gasteiger partial charge in [0.15, 0.2) is 11.5 Å². The van der Waals surface area contributed by atoms with Crippen LogP contribution in [0.5, 0.6) is 17.2 Å². The fraction of sp³-hybridized carbons (Fsp3) is 0.235. The van der Waals surface area contributed by atoms with Crippen LogP contribution in [0.25, 0.3) is 0 Å². The van der Waals surface area contributed by atoms with E-state index in [0.29, 0.717) is 17.2 Å². The topological polar surface area (TPSA) is 90.9 Å². The monoisotopic (exact) mass is 363 g/mol. The van der Waals surface area contributed by atoms with Crippen LogP contribution in [-0.4, -0.2) is 27.7 Å². The number of carbonyl (C=O) groups is 1. The van der Waals surface area contributed by atoms with Crippen LogP contribution in [0.3, 0.4) is 0 Å². The molecule has 132 valence electrons. The Morgan fingerprint density at radius 1 is 1.16 bits per heavy atom. The largest absolute Gasteiger partial charge is 0.454 e. The third kappa shape index (κ3) is 4.09. The van der Waals surface area contributed by atoms with Gasteiger partial charge in [-0.1, -0.05) is 19.1 Å². The van der Waals surface area contributed by atoms with Crippen molar-refractivity contribution in [1.82, 2.24) is 4.72 Å². The lowest BCUT2D eigenvalue weighted by molar-refractivity contribution is -0.133. The highest BCUT2D eigenvalue weighted by Gasteiger charge is 2.21. The van der Waals surface area contributed by atoms with Gasteiger partial charge in [-0.05, 0) is 36.2 Å². The first-order valence-corrected chi connectivity index (χ1v) is 9.15. The molecule has 25 heavy (non-hydrogen) atoms. The second-order valence-electron chi connectivity index (χ2n) is 5.31. The lowest BCUT2D eigenvalue weighted by atomic mass is 10.2. The minimum atomic E-state index is -3.87. The lowest BCUT2D eigenvalue weighted by Gasteiger charge is -2.08. The van der Waals surface area contributed by atoms with Gasteiger partial charge < -0.3 is 14.2 Å². The number of hydrogen-bond donors (Lipinski definition) is 1. The van der Waals surface area contributed by atoms with Gasteiger partial charge in [-0.3, -0.25) is 4.79 Å². The quantitative estimate of drug-likeness (QED) is 0.622. The zero-order valence-electron chi connectivity index (χ0n) is 13.5. The molecule has 0 aromatic heterocycles. The number of hydrogen-bond acceptors (Lipinski definition) is 6. The van der Waals surface area contributed by atoms with E-state index in [0.717, 1.165) is 12.0 Å². The van der Waals surface area contributed by atoms with Gasteiger partial charge in [0.2, 0.25) is 16.8 Å². The fourth-order valence-electron chi connectivity index (χ4n) is 2.28. The maximum Gasteiger partial charge on any atom is 0.326 e. The second kappa shape index (κ2) is 7.12. The molecule has 0 amide bonds. The molecule has 8 heteroatoms. The molecule has 1 heterocycles. The van der Waals surface area contributed by atoms with E-state index in [9.17, 15) is 13.2 Å². The Hall–Kier alpha value is -2.58. The number of benzene rings is 2. The highest BCUT2D eigenvalue weighted by Crippen LogP contribution is 2.33. The SMILES string of the molecule is CCc1cccc(OC(=O)CNS(=O)(=O)c2ccc3c(c2)OCO3)c1. The van der Waals surface area contributed by atoms with Crippen molar-refractivity contribution < 1.29 is 27.4 Å². The maximum absolute atomic E-state index is 12.3. The molecule has 0 bridgehead atoms. The highest BCUT2D eigenvalue weighted by molar-refractivity contribution is 7.89. The number of sulfonamides is 1.